The Balaban J connectivity index is 1.55. The van der Waals surface area contributed by atoms with Crippen LogP contribution in [0.2, 0.25) is 5.02 Å². The lowest BCUT2D eigenvalue weighted by Crippen LogP contribution is -2.33. The van der Waals surface area contributed by atoms with Gasteiger partial charge in [0.25, 0.3) is 5.91 Å². The number of ether oxygens (including phenoxy) is 1. The van der Waals surface area contributed by atoms with Crippen LogP contribution in [0.4, 0.5) is 0 Å². The molecular weight excluding hydrogens is 336 g/mol. The maximum Gasteiger partial charge on any atom is 0.251 e. The van der Waals surface area contributed by atoms with E-state index < -0.39 is 0 Å². The standard InChI is InChI=1S/C20H19ClN2O2/c1-13-2-4-14(5-3-13)20(24)23-16-7-9-17(10-16)25-18-8-6-15(12-22)19(21)11-18/h2-6,8,11,16-17H,7,9-10H2,1H3,(H,23,24)/t16-,17+/m1/s1. The van der Waals surface area contributed by atoms with Crippen LogP contribution >= 0.6 is 11.6 Å². The highest BCUT2D eigenvalue weighted by atomic mass is 35.5. The summed E-state index contributed by atoms with van der Waals surface area (Å²) in [6.45, 7) is 2.00. The van der Waals surface area contributed by atoms with Crippen molar-refractivity contribution >= 4 is 17.5 Å². The topological polar surface area (TPSA) is 62.1 Å². The monoisotopic (exact) mass is 354 g/mol. The summed E-state index contributed by atoms with van der Waals surface area (Å²) in [5, 5.41) is 12.4. The first-order valence-electron chi connectivity index (χ1n) is 8.29. The summed E-state index contributed by atoms with van der Waals surface area (Å²) < 4.78 is 5.94. The number of hydrogen-bond donors (Lipinski definition) is 1. The number of rotatable bonds is 4. The average Bonchev–Trinajstić information content (AvgIpc) is 3.02. The van der Waals surface area contributed by atoms with Gasteiger partial charge in [0, 0.05) is 24.1 Å². The van der Waals surface area contributed by atoms with E-state index in [0.717, 1.165) is 24.8 Å². The molecular formula is C20H19ClN2O2. The van der Waals surface area contributed by atoms with Crippen LogP contribution in [-0.2, 0) is 0 Å². The third-order valence-electron chi connectivity index (χ3n) is 4.40. The van der Waals surface area contributed by atoms with Gasteiger partial charge in [0.2, 0.25) is 0 Å². The molecule has 0 bridgehead atoms. The van der Waals surface area contributed by atoms with Crippen LogP contribution in [0.25, 0.3) is 0 Å². The Kier molecular flexibility index (Phi) is 5.25. The van der Waals surface area contributed by atoms with Crippen LogP contribution in [0.15, 0.2) is 42.5 Å². The number of carbonyl (C=O) groups is 1. The Bertz CT molecular complexity index is 811. The molecule has 0 spiro atoms. The Morgan fingerprint density at radius 2 is 2.00 bits per heavy atom. The molecule has 0 aromatic heterocycles. The number of halogens is 1. The highest BCUT2D eigenvalue weighted by molar-refractivity contribution is 6.31. The van der Waals surface area contributed by atoms with Crippen molar-refractivity contribution in [2.45, 2.75) is 38.3 Å². The molecule has 1 fully saturated rings. The molecule has 0 heterocycles. The van der Waals surface area contributed by atoms with Crippen LogP contribution in [-0.4, -0.2) is 18.1 Å². The minimum atomic E-state index is -0.0490. The fourth-order valence-electron chi connectivity index (χ4n) is 3.00. The first-order chi connectivity index (χ1) is 12.0. The van der Waals surface area contributed by atoms with E-state index in [-0.39, 0.29) is 18.1 Å². The number of carbonyl (C=O) groups excluding carboxylic acids is 1. The molecule has 3 rings (SSSR count). The van der Waals surface area contributed by atoms with Gasteiger partial charge in [0.15, 0.2) is 0 Å². The number of nitriles is 1. The predicted octanol–water partition coefficient (Wildman–Crippen LogP) is 4.25. The molecule has 1 N–H and O–H groups in total. The van der Waals surface area contributed by atoms with E-state index in [1.54, 1.807) is 18.2 Å². The lowest BCUT2D eigenvalue weighted by atomic mass is 10.1. The smallest absolute Gasteiger partial charge is 0.251 e. The maximum atomic E-state index is 12.3. The SMILES string of the molecule is Cc1ccc(C(=O)N[C@@H]2CC[C@H](Oc3ccc(C#N)c(Cl)c3)C2)cc1. The molecule has 0 radical (unpaired) electrons. The summed E-state index contributed by atoms with van der Waals surface area (Å²) in [6.07, 6.45) is 2.55. The largest absolute Gasteiger partial charge is 0.490 e. The van der Waals surface area contributed by atoms with Gasteiger partial charge in [-0.15, -0.1) is 0 Å². The molecule has 5 heteroatoms. The van der Waals surface area contributed by atoms with Crippen molar-refractivity contribution in [2.24, 2.45) is 0 Å². The van der Waals surface area contributed by atoms with Crippen molar-refractivity contribution in [3.05, 3.63) is 64.2 Å². The maximum absolute atomic E-state index is 12.3. The molecule has 25 heavy (non-hydrogen) atoms. The van der Waals surface area contributed by atoms with Crippen LogP contribution in [0.5, 0.6) is 5.75 Å². The van der Waals surface area contributed by atoms with Crippen LogP contribution in [0.1, 0.15) is 40.7 Å². The van der Waals surface area contributed by atoms with Crippen molar-refractivity contribution in [2.75, 3.05) is 0 Å². The van der Waals surface area contributed by atoms with E-state index in [1.807, 2.05) is 37.3 Å². The van der Waals surface area contributed by atoms with Gasteiger partial charge in [-0.1, -0.05) is 29.3 Å². The first kappa shape index (κ1) is 17.3. The van der Waals surface area contributed by atoms with Crippen LogP contribution in [0.3, 0.4) is 0 Å². The molecule has 1 aliphatic rings. The minimum Gasteiger partial charge on any atom is -0.490 e. The highest BCUT2D eigenvalue weighted by Gasteiger charge is 2.27. The van der Waals surface area contributed by atoms with Gasteiger partial charge in [-0.3, -0.25) is 4.79 Å². The Hall–Kier alpha value is -2.51. The summed E-state index contributed by atoms with van der Waals surface area (Å²) in [7, 11) is 0. The van der Waals surface area contributed by atoms with Gasteiger partial charge in [0.05, 0.1) is 10.6 Å². The lowest BCUT2D eigenvalue weighted by Gasteiger charge is -2.15. The van der Waals surface area contributed by atoms with Gasteiger partial charge in [-0.25, -0.2) is 0 Å². The van der Waals surface area contributed by atoms with Gasteiger partial charge in [0.1, 0.15) is 17.9 Å². The number of nitrogens with one attached hydrogen (secondary N) is 1. The second-order valence-corrected chi connectivity index (χ2v) is 6.75. The zero-order valence-corrected chi connectivity index (χ0v) is 14.7. The van der Waals surface area contributed by atoms with Crippen molar-refractivity contribution in [1.29, 1.82) is 5.26 Å². The summed E-state index contributed by atoms with van der Waals surface area (Å²) in [5.41, 5.74) is 2.24. The fourth-order valence-corrected chi connectivity index (χ4v) is 3.22. The number of benzene rings is 2. The lowest BCUT2D eigenvalue weighted by molar-refractivity contribution is 0.0935. The second kappa shape index (κ2) is 7.58. The number of amides is 1. The van der Waals surface area contributed by atoms with Crippen LogP contribution < -0.4 is 10.1 Å². The zero-order chi connectivity index (χ0) is 17.8. The highest BCUT2D eigenvalue weighted by Crippen LogP contribution is 2.28. The number of nitrogens with zero attached hydrogens (tertiary/aromatic N) is 1. The van der Waals surface area contributed by atoms with Gasteiger partial charge < -0.3 is 10.1 Å². The van der Waals surface area contributed by atoms with E-state index in [4.69, 9.17) is 21.6 Å². The van der Waals surface area contributed by atoms with Gasteiger partial charge in [-0.2, -0.15) is 5.26 Å². The van der Waals surface area contributed by atoms with Crippen molar-refractivity contribution < 1.29 is 9.53 Å². The molecule has 2 aromatic carbocycles. The Morgan fingerprint density at radius 3 is 2.68 bits per heavy atom. The Labute approximate surface area is 152 Å². The summed E-state index contributed by atoms with van der Waals surface area (Å²) in [4.78, 5) is 12.3. The number of hydrogen-bond acceptors (Lipinski definition) is 3. The fraction of sp³-hybridized carbons (Fsp3) is 0.300. The quantitative estimate of drug-likeness (QED) is 0.892. The van der Waals surface area contributed by atoms with E-state index in [2.05, 4.69) is 5.32 Å². The van der Waals surface area contributed by atoms with E-state index in [9.17, 15) is 4.79 Å². The predicted molar refractivity (Wildman–Crippen MR) is 96.9 cm³/mol. The normalized spacial score (nSPS) is 19.2. The molecule has 0 unspecified atom stereocenters. The number of aryl methyl sites for hydroxylation is 1. The minimum absolute atomic E-state index is 0.0346. The molecule has 4 nitrogen and oxygen atoms in total. The Morgan fingerprint density at radius 1 is 1.24 bits per heavy atom. The third-order valence-corrected chi connectivity index (χ3v) is 4.71. The molecule has 1 amide bonds. The molecule has 2 atom stereocenters. The van der Waals surface area contributed by atoms with Gasteiger partial charge >= 0.3 is 0 Å². The zero-order valence-electron chi connectivity index (χ0n) is 14.0. The van der Waals surface area contributed by atoms with E-state index in [0.29, 0.717) is 21.9 Å². The third kappa shape index (κ3) is 4.32. The van der Waals surface area contributed by atoms with Crippen LogP contribution in [0, 0.1) is 18.3 Å². The van der Waals surface area contributed by atoms with Gasteiger partial charge in [-0.05, 0) is 44.0 Å². The molecule has 1 aliphatic carbocycles. The summed E-state index contributed by atoms with van der Waals surface area (Å²) >= 11 is 6.03. The average molecular weight is 355 g/mol. The summed E-state index contributed by atoms with van der Waals surface area (Å²) in [5.74, 6) is 0.603. The van der Waals surface area contributed by atoms with Crippen molar-refractivity contribution in [3.63, 3.8) is 0 Å². The summed E-state index contributed by atoms with van der Waals surface area (Å²) in [6, 6.07) is 14.8. The molecule has 128 valence electrons. The molecule has 1 saturated carbocycles. The molecule has 0 saturated heterocycles. The van der Waals surface area contributed by atoms with E-state index in [1.165, 1.54) is 0 Å². The van der Waals surface area contributed by atoms with E-state index >= 15 is 0 Å². The second-order valence-electron chi connectivity index (χ2n) is 6.34. The van der Waals surface area contributed by atoms with Crippen molar-refractivity contribution in [1.82, 2.24) is 5.32 Å². The first-order valence-corrected chi connectivity index (χ1v) is 8.67. The molecule has 2 aromatic rings. The molecule has 0 aliphatic heterocycles. The van der Waals surface area contributed by atoms with Crippen molar-refractivity contribution in [3.8, 4) is 11.8 Å².